The van der Waals surface area contributed by atoms with Crippen LogP contribution in [-0.2, 0) is 6.54 Å². The maximum atomic E-state index is 3.23. The fraction of sp³-hybridized carbons (Fsp3) is 0.0769. The Kier molecular flexibility index (Phi) is 1.57. The summed E-state index contributed by atoms with van der Waals surface area (Å²) < 4.78 is 0. The second kappa shape index (κ2) is 2.88. The molecule has 1 aliphatic heterocycles. The lowest BCUT2D eigenvalue weighted by Gasteiger charge is -2.14. The van der Waals surface area contributed by atoms with Crippen molar-refractivity contribution < 1.29 is 0 Å². The van der Waals surface area contributed by atoms with Crippen LogP contribution >= 0.6 is 0 Å². The number of rotatable bonds is 0. The van der Waals surface area contributed by atoms with Gasteiger partial charge in [0.1, 0.15) is 0 Å². The largest absolute Gasteiger partial charge is 0.387 e. The Bertz CT molecular complexity index is 512. The molecule has 0 spiro atoms. The molecule has 0 saturated heterocycles. The van der Waals surface area contributed by atoms with E-state index in [1.165, 1.54) is 21.9 Å². The summed E-state index contributed by atoms with van der Waals surface area (Å²) in [6.07, 6.45) is 4.18. The van der Waals surface area contributed by atoms with Gasteiger partial charge in [-0.2, -0.15) is 0 Å². The maximum Gasteiger partial charge on any atom is 0.0401 e. The molecule has 0 bridgehead atoms. The van der Waals surface area contributed by atoms with Crippen LogP contribution in [0.15, 0.2) is 42.6 Å². The van der Waals surface area contributed by atoms with Crippen molar-refractivity contribution in [3.63, 3.8) is 0 Å². The highest BCUT2D eigenvalue weighted by Gasteiger charge is 2.06. The molecule has 0 amide bonds. The zero-order valence-corrected chi connectivity index (χ0v) is 7.83. The van der Waals surface area contributed by atoms with Gasteiger partial charge in [-0.1, -0.05) is 36.4 Å². The van der Waals surface area contributed by atoms with Gasteiger partial charge in [0.15, 0.2) is 0 Å². The smallest absolute Gasteiger partial charge is 0.0401 e. The molecule has 14 heavy (non-hydrogen) atoms. The zero-order chi connectivity index (χ0) is 9.38. The van der Waals surface area contributed by atoms with Crippen LogP contribution in [0.1, 0.15) is 11.1 Å². The van der Waals surface area contributed by atoms with Crippen LogP contribution in [0.25, 0.3) is 16.8 Å². The zero-order valence-electron chi connectivity index (χ0n) is 7.83. The minimum Gasteiger partial charge on any atom is -0.387 e. The van der Waals surface area contributed by atoms with E-state index >= 15 is 0 Å². The molecular formula is C13H11N. The molecule has 0 fully saturated rings. The van der Waals surface area contributed by atoms with Gasteiger partial charge in [0.2, 0.25) is 0 Å². The summed E-state index contributed by atoms with van der Waals surface area (Å²) in [5.74, 6) is 0. The Morgan fingerprint density at radius 2 is 1.93 bits per heavy atom. The second-order valence-electron chi connectivity index (χ2n) is 3.57. The van der Waals surface area contributed by atoms with E-state index in [9.17, 15) is 0 Å². The van der Waals surface area contributed by atoms with Crippen LogP contribution in [0.4, 0.5) is 0 Å². The molecule has 2 aromatic carbocycles. The van der Waals surface area contributed by atoms with Crippen LogP contribution in [0.3, 0.4) is 0 Å². The second-order valence-corrected chi connectivity index (χ2v) is 3.57. The molecule has 1 heterocycles. The topological polar surface area (TPSA) is 12.0 Å². The number of fused-ring (bicyclic) bond motifs is 3. The summed E-state index contributed by atoms with van der Waals surface area (Å²) in [4.78, 5) is 0. The van der Waals surface area contributed by atoms with Gasteiger partial charge < -0.3 is 5.32 Å². The average molecular weight is 181 g/mol. The van der Waals surface area contributed by atoms with Crippen molar-refractivity contribution in [3.8, 4) is 0 Å². The predicted octanol–water partition coefficient (Wildman–Crippen LogP) is 2.91. The van der Waals surface area contributed by atoms with Gasteiger partial charge in [-0.25, -0.2) is 0 Å². The fourth-order valence-corrected chi connectivity index (χ4v) is 2.00. The third-order valence-corrected chi connectivity index (χ3v) is 2.72. The highest BCUT2D eigenvalue weighted by atomic mass is 14.8. The van der Waals surface area contributed by atoms with Crippen LogP contribution in [0.2, 0.25) is 0 Å². The summed E-state index contributed by atoms with van der Waals surface area (Å²) in [5.41, 5.74) is 2.74. The molecule has 3 rings (SSSR count). The number of nitrogens with one attached hydrogen (secondary N) is 1. The minimum absolute atomic E-state index is 0.941. The van der Waals surface area contributed by atoms with E-state index in [2.05, 4.69) is 47.8 Å². The van der Waals surface area contributed by atoms with E-state index in [1.54, 1.807) is 0 Å². The van der Waals surface area contributed by atoms with Crippen molar-refractivity contribution in [1.82, 2.24) is 5.32 Å². The first-order valence-corrected chi connectivity index (χ1v) is 4.86. The SMILES string of the molecule is C1=Cc2c(ccc3ccccc23)CN1. The van der Waals surface area contributed by atoms with Gasteiger partial charge in [0.05, 0.1) is 0 Å². The number of benzene rings is 2. The maximum absolute atomic E-state index is 3.23. The van der Waals surface area contributed by atoms with Gasteiger partial charge in [-0.3, -0.25) is 0 Å². The van der Waals surface area contributed by atoms with Crippen molar-refractivity contribution in [3.05, 3.63) is 53.7 Å². The molecule has 1 N–H and O–H groups in total. The summed E-state index contributed by atoms with van der Waals surface area (Å²) in [6, 6.07) is 12.9. The molecule has 1 aliphatic rings. The monoisotopic (exact) mass is 181 g/mol. The van der Waals surface area contributed by atoms with Crippen LogP contribution in [0.5, 0.6) is 0 Å². The highest BCUT2D eigenvalue weighted by Crippen LogP contribution is 2.25. The van der Waals surface area contributed by atoms with E-state index in [0.717, 1.165) is 6.54 Å². The Morgan fingerprint density at radius 3 is 2.93 bits per heavy atom. The Balaban J connectivity index is 2.42. The Hall–Kier alpha value is -1.76. The Morgan fingerprint density at radius 1 is 1.00 bits per heavy atom. The quantitative estimate of drug-likeness (QED) is 0.659. The average Bonchev–Trinajstić information content (AvgIpc) is 2.29. The molecule has 0 saturated carbocycles. The molecule has 0 aromatic heterocycles. The third-order valence-electron chi connectivity index (χ3n) is 2.72. The van der Waals surface area contributed by atoms with E-state index in [1.807, 2.05) is 6.20 Å². The first kappa shape index (κ1) is 7.63. The lowest BCUT2D eigenvalue weighted by molar-refractivity contribution is 0.861. The van der Waals surface area contributed by atoms with E-state index in [0.29, 0.717) is 0 Å². The minimum atomic E-state index is 0.941. The summed E-state index contributed by atoms with van der Waals surface area (Å²) in [6.45, 7) is 0.941. The van der Waals surface area contributed by atoms with E-state index in [-0.39, 0.29) is 0 Å². The summed E-state index contributed by atoms with van der Waals surface area (Å²) in [7, 11) is 0. The summed E-state index contributed by atoms with van der Waals surface area (Å²) in [5, 5.41) is 5.89. The molecule has 0 aliphatic carbocycles. The van der Waals surface area contributed by atoms with Crippen molar-refractivity contribution in [2.45, 2.75) is 6.54 Å². The van der Waals surface area contributed by atoms with Crippen molar-refractivity contribution >= 4 is 16.8 Å². The Labute approximate surface area is 83.1 Å². The molecule has 1 heteroatoms. The summed E-state index contributed by atoms with van der Waals surface area (Å²) >= 11 is 0. The number of hydrogen-bond acceptors (Lipinski definition) is 1. The van der Waals surface area contributed by atoms with Gasteiger partial charge in [-0.15, -0.1) is 0 Å². The molecular weight excluding hydrogens is 170 g/mol. The lowest BCUT2D eigenvalue weighted by Crippen LogP contribution is -2.10. The van der Waals surface area contributed by atoms with Gasteiger partial charge in [-0.05, 0) is 34.2 Å². The third kappa shape index (κ3) is 1.02. The van der Waals surface area contributed by atoms with Crippen LogP contribution < -0.4 is 5.32 Å². The van der Waals surface area contributed by atoms with Gasteiger partial charge >= 0.3 is 0 Å². The van der Waals surface area contributed by atoms with Crippen LogP contribution in [-0.4, -0.2) is 0 Å². The van der Waals surface area contributed by atoms with Crippen molar-refractivity contribution in [2.75, 3.05) is 0 Å². The van der Waals surface area contributed by atoms with Crippen molar-refractivity contribution in [2.24, 2.45) is 0 Å². The number of hydrogen-bond donors (Lipinski definition) is 1. The standard InChI is InChI=1S/C13H11N/c1-2-4-12-10(3-1)5-6-11-9-14-8-7-13(11)12/h1-8,14H,9H2. The van der Waals surface area contributed by atoms with Gasteiger partial charge in [0.25, 0.3) is 0 Å². The van der Waals surface area contributed by atoms with Gasteiger partial charge in [0, 0.05) is 6.54 Å². The highest BCUT2D eigenvalue weighted by molar-refractivity contribution is 5.92. The first-order valence-electron chi connectivity index (χ1n) is 4.86. The predicted molar refractivity (Wildman–Crippen MR) is 59.8 cm³/mol. The molecule has 0 radical (unpaired) electrons. The normalized spacial score (nSPS) is 13.7. The van der Waals surface area contributed by atoms with E-state index < -0.39 is 0 Å². The van der Waals surface area contributed by atoms with E-state index in [4.69, 9.17) is 0 Å². The fourth-order valence-electron chi connectivity index (χ4n) is 2.00. The molecule has 2 aromatic rings. The molecule has 68 valence electrons. The van der Waals surface area contributed by atoms with Crippen molar-refractivity contribution in [1.29, 1.82) is 0 Å². The lowest BCUT2D eigenvalue weighted by atomic mass is 9.97. The molecule has 0 atom stereocenters. The first-order chi connectivity index (χ1) is 6.95. The molecule has 1 nitrogen and oxygen atoms in total. The molecule has 0 unspecified atom stereocenters. The van der Waals surface area contributed by atoms with Crippen LogP contribution in [0, 0.1) is 0 Å².